The van der Waals surface area contributed by atoms with E-state index in [9.17, 15) is 18.7 Å². The summed E-state index contributed by atoms with van der Waals surface area (Å²) in [5, 5.41) is 12.7. The molecule has 2 saturated heterocycles. The first-order valence-corrected chi connectivity index (χ1v) is 12.6. The van der Waals surface area contributed by atoms with Gasteiger partial charge in [0.2, 0.25) is 5.95 Å². The quantitative estimate of drug-likeness (QED) is 0.398. The van der Waals surface area contributed by atoms with Crippen molar-refractivity contribution in [1.29, 1.82) is 0 Å². The second-order valence-corrected chi connectivity index (χ2v) is 9.74. The normalized spacial score (nSPS) is 18.2. The second-order valence-electron chi connectivity index (χ2n) is 9.74. The third-order valence-electron chi connectivity index (χ3n) is 7.23. The number of aliphatic hydroxyl groups excluding tert-OH is 1. The van der Waals surface area contributed by atoms with E-state index in [1.54, 1.807) is 4.57 Å². The SMILES string of the molecule is O=C(c1ccc(Nc2ncnc3c2c(F)cn3C2CCN(c3ncc(F)cn3)CC2)c(F)c1)N1CC[C@@H](O)C1. The van der Waals surface area contributed by atoms with E-state index < -0.39 is 23.6 Å². The number of aliphatic hydroxyl groups is 1. The Morgan fingerprint density at radius 3 is 2.44 bits per heavy atom. The highest BCUT2D eigenvalue weighted by Crippen LogP contribution is 2.33. The molecule has 39 heavy (non-hydrogen) atoms. The van der Waals surface area contributed by atoms with E-state index in [-0.39, 0.29) is 40.9 Å². The van der Waals surface area contributed by atoms with Gasteiger partial charge >= 0.3 is 0 Å². The maximum Gasteiger partial charge on any atom is 0.254 e. The average molecular weight is 539 g/mol. The molecular formula is C26H25F3N8O2. The van der Waals surface area contributed by atoms with Crippen LogP contribution in [-0.2, 0) is 0 Å². The van der Waals surface area contributed by atoms with E-state index in [2.05, 4.69) is 25.3 Å². The number of β-amino-alcohol motifs (C(OH)–C–C–N with tert-alkyl or cyclic N) is 1. The molecule has 6 rings (SSSR count). The Labute approximate surface area is 221 Å². The van der Waals surface area contributed by atoms with Crippen LogP contribution in [0.2, 0.25) is 0 Å². The minimum Gasteiger partial charge on any atom is -0.391 e. The van der Waals surface area contributed by atoms with Crippen molar-refractivity contribution in [3.05, 3.63) is 66.1 Å². The minimum absolute atomic E-state index is 0.0350. The zero-order chi connectivity index (χ0) is 27.1. The summed E-state index contributed by atoms with van der Waals surface area (Å²) in [6, 6.07) is 3.96. The number of piperidine rings is 1. The standard InChI is InChI=1S/C26H25F3N8O2/c27-16-10-30-26(31-11-16)35-6-3-17(4-7-35)37-13-20(29)22-23(32-14-33-24(22)37)34-21-2-1-15(9-19(21)28)25(39)36-8-5-18(38)12-36/h1-2,9-11,13-14,17-18,38H,3-8,12H2,(H,32,33,34)/t18-/m1/s1. The van der Waals surface area contributed by atoms with E-state index in [1.165, 1.54) is 29.6 Å². The van der Waals surface area contributed by atoms with Crippen LogP contribution in [0.5, 0.6) is 0 Å². The van der Waals surface area contributed by atoms with Crippen molar-refractivity contribution in [3.8, 4) is 0 Å². The van der Waals surface area contributed by atoms with Gasteiger partial charge in [0.15, 0.2) is 11.6 Å². The van der Waals surface area contributed by atoms with Gasteiger partial charge in [-0.25, -0.2) is 33.1 Å². The smallest absolute Gasteiger partial charge is 0.254 e. The molecule has 1 aromatic carbocycles. The highest BCUT2D eigenvalue weighted by molar-refractivity contribution is 5.95. The Hall–Kier alpha value is -4.26. The van der Waals surface area contributed by atoms with Crippen LogP contribution < -0.4 is 10.2 Å². The Bertz CT molecular complexity index is 1520. The molecule has 0 spiro atoms. The lowest BCUT2D eigenvalue weighted by Crippen LogP contribution is -2.35. The van der Waals surface area contributed by atoms with Gasteiger partial charge in [0, 0.05) is 44.0 Å². The van der Waals surface area contributed by atoms with Gasteiger partial charge in [0.25, 0.3) is 5.91 Å². The summed E-state index contributed by atoms with van der Waals surface area (Å²) in [6.45, 7) is 1.82. The number of hydrogen-bond donors (Lipinski definition) is 2. The molecule has 5 heterocycles. The van der Waals surface area contributed by atoms with E-state index >= 15 is 4.39 Å². The molecule has 0 unspecified atom stereocenters. The predicted octanol–water partition coefficient (Wildman–Crippen LogP) is 3.43. The minimum atomic E-state index is -0.692. The zero-order valence-electron chi connectivity index (χ0n) is 20.8. The average Bonchev–Trinajstić information content (AvgIpc) is 3.53. The number of aromatic nitrogens is 5. The number of halogens is 3. The monoisotopic (exact) mass is 538 g/mol. The fourth-order valence-electron chi connectivity index (χ4n) is 5.21. The third-order valence-corrected chi connectivity index (χ3v) is 7.23. The highest BCUT2D eigenvalue weighted by Gasteiger charge is 2.27. The van der Waals surface area contributed by atoms with Crippen molar-refractivity contribution in [2.75, 3.05) is 36.4 Å². The fraction of sp³-hybridized carbons (Fsp3) is 0.346. The van der Waals surface area contributed by atoms with Gasteiger partial charge < -0.3 is 24.8 Å². The number of nitrogens with one attached hydrogen (secondary N) is 1. The number of hydrogen-bond acceptors (Lipinski definition) is 8. The third kappa shape index (κ3) is 4.85. The molecule has 10 nitrogen and oxygen atoms in total. The van der Waals surface area contributed by atoms with E-state index in [0.29, 0.717) is 50.5 Å². The lowest BCUT2D eigenvalue weighted by molar-refractivity contribution is 0.0764. The van der Waals surface area contributed by atoms with Crippen molar-refractivity contribution in [1.82, 2.24) is 29.4 Å². The predicted molar refractivity (Wildman–Crippen MR) is 136 cm³/mol. The number of carbonyl (C=O) groups excluding carboxylic acids is 1. The molecular weight excluding hydrogens is 513 g/mol. The Morgan fingerprint density at radius 2 is 1.74 bits per heavy atom. The first kappa shape index (κ1) is 25.0. The van der Waals surface area contributed by atoms with E-state index in [0.717, 1.165) is 18.5 Å². The van der Waals surface area contributed by atoms with Crippen LogP contribution in [-0.4, -0.2) is 72.7 Å². The van der Waals surface area contributed by atoms with Crippen LogP contribution in [0.3, 0.4) is 0 Å². The molecule has 2 N–H and O–H groups in total. The molecule has 2 fully saturated rings. The Kier molecular flexibility index (Phi) is 6.51. The molecule has 0 saturated carbocycles. The molecule has 0 bridgehead atoms. The summed E-state index contributed by atoms with van der Waals surface area (Å²) < 4.78 is 45.1. The lowest BCUT2D eigenvalue weighted by atomic mass is 10.1. The van der Waals surface area contributed by atoms with Gasteiger partial charge in [-0.05, 0) is 37.5 Å². The van der Waals surface area contributed by atoms with Crippen molar-refractivity contribution < 1.29 is 23.1 Å². The molecule has 1 atom stereocenters. The van der Waals surface area contributed by atoms with Gasteiger partial charge in [0.1, 0.15) is 23.6 Å². The first-order chi connectivity index (χ1) is 18.9. The molecule has 1 amide bonds. The maximum absolute atomic E-state index is 15.2. The van der Waals surface area contributed by atoms with Crippen molar-refractivity contribution in [2.45, 2.75) is 31.4 Å². The number of nitrogens with zero attached hydrogens (tertiary/aromatic N) is 7. The number of rotatable bonds is 5. The van der Waals surface area contributed by atoms with Crippen molar-refractivity contribution in [3.63, 3.8) is 0 Å². The molecule has 2 aliphatic heterocycles. The van der Waals surface area contributed by atoms with E-state index in [4.69, 9.17) is 0 Å². The van der Waals surface area contributed by atoms with Crippen LogP contribution in [0.4, 0.5) is 30.6 Å². The summed E-state index contributed by atoms with van der Waals surface area (Å²) in [5.41, 5.74) is 0.573. The molecule has 0 aliphatic carbocycles. The maximum atomic E-state index is 15.2. The van der Waals surface area contributed by atoms with Gasteiger partial charge in [-0.3, -0.25) is 4.79 Å². The number of carbonyl (C=O) groups is 1. The molecule has 13 heteroatoms. The Morgan fingerprint density at radius 1 is 0.974 bits per heavy atom. The number of fused-ring (bicyclic) bond motifs is 1. The van der Waals surface area contributed by atoms with Crippen LogP contribution >= 0.6 is 0 Å². The topological polar surface area (TPSA) is 112 Å². The van der Waals surface area contributed by atoms with Crippen LogP contribution in [0.15, 0.2) is 43.1 Å². The van der Waals surface area contributed by atoms with Crippen LogP contribution in [0, 0.1) is 17.5 Å². The Balaban J connectivity index is 1.20. The molecule has 3 aromatic heterocycles. The van der Waals surface area contributed by atoms with Crippen LogP contribution in [0.25, 0.3) is 11.0 Å². The number of anilines is 3. The summed E-state index contributed by atoms with van der Waals surface area (Å²) >= 11 is 0. The molecule has 202 valence electrons. The largest absolute Gasteiger partial charge is 0.391 e. The zero-order valence-corrected chi connectivity index (χ0v) is 20.8. The first-order valence-electron chi connectivity index (χ1n) is 12.6. The number of benzene rings is 1. The van der Waals surface area contributed by atoms with Gasteiger partial charge in [-0.2, -0.15) is 0 Å². The lowest BCUT2D eigenvalue weighted by Gasteiger charge is -2.32. The van der Waals surface area contributed by atoms with Gasteiger partial charge in [0.05, 0.1) is 29.6 Å². The molecule has 2 aliphatic rings. The number of amides is 1. The second kappa shape index (κ2) is 10.1. The van der Waals surface area contributed by atoms with Crippen molar-refractivity contribution >= 4 is 34.4 Å². The summed E-state index contributed by atoms with van der Waals surface area (Å²) in [5.74, 6) is -1.55. The van der Waals surface area contributed by atoms with E-state index in [1.807, 2.05) is 4.90 Å². The summed E-state index contributed by atoms with van der Waals surface area (Å²) in [6.07, 6.45) is 6.16. The molecule has 0 radical (unpaired) electrons. The summed E-state index contributed by atoms with van der Waals surface area (Å²) in [7, 11) is 0. The van der Waals surface area contributed by atoms with Crippen LogP contribution in [0.1, 0.15) is 35.7 Å². The summed E-state index contributed by atoms with van der Waals surface area (Å²) in [4.78, 5) is 32.6. The van der Waals surface area contributed by atoms with Gasteiger partial charge in [-0.1, -0.05) is 0 Å². The van der Waals surface area contributed by atoms with Gasteiger partial charge in [-0.15, -0.1) is 0 Å². The fourth-order valence-corrected chi connectivity index (χ4v) is 5.21. The van der Waals surface area contributed by atoms with Crippen molar-refractivity contribution in [2.24, 2.45) is 0 Å². The number of likely N-dealkylation sites (tertiary alicyclic amines) is 1. The molecule has 4 aromatic rings. The highest BCUT2D eigenvalue weighted by atomic mass is 19.1.